The van der Waals surface area contributed by atoms with Crippen molar-refractivity contribution in [1.82, 2.24) is 4.31 Å². The molecular formula is C32H48BrFN2O5S. The Balaban J connectivity index is 0.000000341. The second-order valence-corrected chi connectivity index (χ2v) is 14.1. The number of ether oxygens (including phenoxy) is 1. The quantitative estimate of drug-likeness (QED) is 0.251. The molecule has 7 nitrogen and oxygen atoms in total. The first kappa shape index (κ1) is 37.7. The Hall–Kier alpha value is -2.30. The number of fused-ring (bicyclic) bond motifs is 1. The molecule has 3 unspecified atom stereocenters. The van der Waals surface area contributed by atoms with Gasteiger partial charge in [-0.1, -0.05) is 76.5 Å². The summed E-state index contributed by atoms with van der Waals surface area (Å²) >= 11 is 3.38. The first-order chi connectivity index (χ1) is 19.6. The first-order valence-corrected chi connectivity index (χ1v) is 16.8. The highest BCUT2D eigenvalue weighted by atomic mass is 79.9. The summed E-state index contributed by atoms with van der Waals surface area (Å²) in [5.41, 5.74) is 1.82. The summed E-state index contributed by atoms with van der Waals surface area (Å²) in [5, 5.41) is 3.23. The van der Waals surface area contributed by atoms with E-state index in [1.807, 2.05) is 38.1 Å². The van der Waals surface area contributed by atoms with Gasteiger partial charge in [-0.3, -0.25) is 4.79 Å². The molecule has 4 rings (SSSR count). The number of aldehydes is 1. The molecule has 0 amide bonds. The summed E-state index contributed by atoms with van der Waals surface area (Å²) < 4.78 is 43.5. The van der Waals surface area contributed by atoms with Crippen molar-refractivity contribution in [2.45, 2.75) is 79.8 Å². The number of benzene rings is 2. The average molecular weight is 672 g/mol. The van der Waals surface area contributed by atoms with Crippen LogP contribution in [0.2, 0.25) is 0 Å². The van der Waals surface area contributed by atoms with Crippen LogP contribution < -0.4 is 5.32 Å². The summed E-state index contributed by atoms with van der Waals surface area (Å²) in [6.07, 6.45) is 2.71. The van der Waals surface area contributed by atoms with Crippen LogP contribution in [0.1, 0.15) is 79.3 Å². The Morgan fingerprint density at radius 1 is 1.14 bits per heavy atom. The molecular weight excluding hydrogens is 623 g/mol. The lowest BCUT2D eigenvalue weighted by Crippen LogP contribution is -2.40. The molecule has 0 radical (unpaired) electrons. The van der Waals surface area contributed by atoms with Gasteiger partial charge in [0.1, 0.15) is 12.1 Å². The van der Waals surface area contributed by atoms with E-state index in [0.717, 1.165) is 28.4 Å². The number of sulfonamides is 1. The number of carbonyl (C=O) groups excluding carboxylic acids is 2. The topological polar surface area (TPSA) is 92.8 Å². The zero-order valence-corrected chi connectivity index (χ0v) is 28.8. The fourth-order valence-electron chi connectivity index (χ4n) is 5.35. The number of rotatable bonds is 6. The van der Waals surface area contributed by atoms with Crippen LogP contribution in [-0.4, -0.2) is 50.9 Å². The minimum Gasteiger partial charge on any atom is -0.469 e. The standard InChI is InChI=1S/C15H13BrFNO.C11H21NO2S.C4H8O2.C2H6/c16-12-3-1-11(2-4-12)15(9-10-19)18-14-7-5-13(17)6-8-14;1-8-6-9-11(4,10(8,2)3)7-15(13,14)12(9)5;1-3-4(5)6-2;1-2/h1-8,10,15,18H,9H2;8-9H,6-7H2,1-5H3;3H2,1-2H3;1-2H3/t;8-,9?,11?;;/m.0../s1. The van der Waals surface area contributed by atoms with Crippen LogP contribution in [0.5, 0.6) is 0 Å². The van der Waals surface area contributed by atoms with Gasteiger partial charge in [-0.25, -0.2) is 17.1 Å². The van der Waals surface area contributed by atoms with E-state index in [-0.39, 0.29) is 34.7 Å². The second kappa shape index (κ2) is 16.5. The van der Waals surface area contributed by atoms with E-state index in [0.29, 0.717) is 24.5 Å². The van der Waals surface area contributed by atoms with Gasteiger partial charge < -0.3 is 14.8 Å². The van der Waals surface area contributed by atoms with Gasteiger partial charge >= 0.3 is 5.97 Å². The summed E-state index contributed by atoms with van der Waals surface area (Å²) in [6.45, 7) is 14.6. The molecule has 1 aliphatic carbocycles. The van der Waals surface area contributed by atoms with E-state index in [9.17, 15) is 22.4 Å². The number of halogens is 2. The highest BCUT2D eigenvalue weighted by Gasteiger charge is 2.64. The van der Waals surface area contributed by atoms with E-state index in [2.05, 4.69) is 53.7 Å². The van der Waals surface area contributed by atoms with E-state index < -0.39 is 10.0 Å². The zero-order chi connectivity index (χ0) is 32.3. The first-order valence-electron chi connectivity index (χ1n) is 14.4. The van der Waals surface area contributed by atoms with Crippen molar-refractivity contribution in [3.63, 3.8) is 0 Å². The van der Waals surface area contributed by atoms with Crippen molar-refractivity contribution in [3.8, 4) is 0 Å². The van der Waals surface area contributed by atoms with Crippen molar-refractivity contribution in [3.05, 3.63) is 64.4 Å². The average Bonchev–Trinajstić information content (AvgIpc) is 3.25. The molecule has 1 heterocycles. The zero-order valence-electron chi connectivity index (χ0n) is 26.4. The number of carbonyl (C=O) groups is 2. The number of nitrogens with one attached hydrogen (secondary N) is 1. The minimum atomic E-state index is -3.00. The fourth-order valence-corrected chi connectivity index (χ4v) is 7.85. The van der Waals surface area contributed by atoms with Crippen molar-refractivity contribution in [1.29, 1.82) is 0 Å². The van der Waals surface area contributed by atoms with Crippen molar-refractivity contribution in [2.75, 3.05) is 25.2 Å². The lowest BCUT2D eigenvalue weighted by atomic mass is 9.66. The molecule has 1 saturated carbocycles. The summed E-state index contributed by atoms with van der Waals surface area (Å²) in [4.78, 5) is 20.7. The lowest BCUT2D eigenvalue weighted by molar-refractivity contribution is -0.140. The molecule has 10 heteroatoms. The molecule has 1 N–H and O–H groups in total. The molecule has 0 bridgehead atoms. The smallest absolute Gasteiger partial charge is 0.305 e. The molecule has 2 aromatic rings. The largest absolute Gasteiger partial charge is 0.469 e. The number of hydrogen-bond acceptors (Lipinski definition) is 6. The fraction of sp³-hybridized carbons (Fsp3) is 0.562. The van der Waals surface area contributed by atoms with Crippen molar-refractivity contribution >= 4 is 43.9 Å². The SMILES string of the molecule is CC.CCC(=O)OC.C[C@H]1CC2N(C)S(=O)(=O)CC2(C)C1(C)C.O=CCC(Nc1ccc(F)cc1)c1ccc(Br)cc1. The van der Waals surface area contributed by atoms with Crippen LogP contribution in [0.4, 0.5) is 10.1 Å². The maximum atomic E-state index is 12.9. The third kappa shape index (κ3) is 9.35. The summed E-state index contributed by atoms with van der Waals surface area (Å²) in [7, 11) is 0.112. The number of methoxy groups -OCH3 is 1. The lowest BCUT2D eigenvalue weighted by Gasteiger charge is -2.39. The van der Waals surface area contributed by atoms with Gasteiger partial charge in [-0.2, -0.15) is 0 Å². The predicted molar refractivity (Wildman–Crippen MR) is 172 cm³/mol. The molecule has 2 fully saturated rings. The van der Waals surface area contributed by atoms with Gasteiger partial charge in [0, 0.05) is 41.5 Å². The van der Waals surface area contributed by atoms with Crippen LogP contribution in [0, 0.1) is 22.6 Å². The van der Waals surface area contributed by atoms with Gasteiger partial charge in [-0.05, 0) is 59.7 Å². The highest BCUT2D eigenvalue weighted by Crippen LogP contribution is 2.61. The summed E-state index contributed by atoms with van der Waals surface area (Å²) in [6, 6.07) is 14.0. The molecule has 0 spiro atoms. The maximum Gasteiger partial charge on any atom is 0.305 e. The molecule has 0 aromatic heterocycles. The Morgan fingerprint density at radius 3 is 2.12 bits per heavy atom. The number of hydrogen-bond donors (Lipinski definition) is 1. The van der Waals surface area contributed by atoms with Crippen molar-refractivity contribution < 1.29 is 27.1 Å². The van der Waals surface area contributed by atoms with E-state index in [4.69, 9.17) is 0 Å². The van der Waals surface area contributed by atoms with Crippen LogP contribution in [0.3, 0.4) is 0 Å². The van der Waals surface area contributed by atoms with Crippen LogP contribution in [0.15, 0.2) is 53.0 Å². The number of esters is 1. The predicted octanol–water partition coefficient (Wildman–Crippen LogP) is 7.63. The monoisotopic (exact) mass is 670 g/mol. The molecule has 2 aromatic carbocycles. The maximum absolute atomic E-state index is 12.9. The highest BCUT2D eigenvalue weighted by molar-refractivity contribution is 9.10. The molecule has 4 atom stereocenters. The molecule has 1 aliphatic heterocycles. The molecule has 236 valence electrons. The van der Waals surface area contributed by atoms with Gasteiger partial charge in [0.25, 0.3) is 0 Å². The van der Waals surface area contributed by atoms with Gasteiger partial charge in [-0.15, -0.1) is 0 Å². The van der Waals surface area contributed by atoms with E-state index >= 15 is 0 Å². The van der Waals surface area contributed by atoms with Crippen LogP contribution in [0.25, 0.3) is 0 Å². The Morgan fingerprint density at radius 2 is 1.69 bits per heavy atom. The van der Waals surface area contributed by atoms with Crippen molar-refractivity contribution in [2.24, 2.45) is 16.7 Å². The third-order valence-electron chi connectivity index (χ3n) is 8.68. The van der Waals surface area contributed by atoms with Gasteiger partial charge in [0.05, 0.1) is 18.9 Å². The number of nitrogens with zero attached hydrogens (tertiary/aromatic N) is 1. The minimum absolute atomic E-state index is 0.0833. The van der Waals surface area contributed by atoms with E-state index in [1.54, 1.807) is 30.4 Å². The Kier molecular flexibility index (Phi) is 14.8. The van der Waals surface area contributed by atoms with Crippen LogP contribution >= 0.6 is 15.9 Å². The van der Waals surface area contributed by atoms with Gasteiger partial charge in [0.15, 0.2) is 0 Å². The Labute approximate surface area is 260 Å². The summed E-state index contributed by atoms with van der Waals surface area (Å²) in [5.74, 6) is 0.472. The molecule has 42 heavy (non-hydrogen) atoms. The third-order valence-corrected chi connectivity index (χ3v) is 11.3. The Bertz CT molecular complexity index is 1230. The second-order valence-electron chi connectivity index (χ2n) is 11.2. The molecule has 1 saturated heterocycles. The molecule has 2 aliphatic rings. The van der Waals surface area contributed by atoms with Crippen LogP contribution in [-0.2, 0) is 24.3 Å². The normalized spacial score (nSPS) is 23.8. The van der Waals surface area contributed by atoms with E-state index in [1.165, 1.54) is 19.2 Å². The number of anilines is 1. The van der Waals surface area contributed by atoms with Gasteiger partial charge in [0.2, 0.25) is 10.0 Å².